The third-order valence-electron chi connectivity index (χ3n) is 4.32. The molecule has 0 aromatic heterocycles. The molecule has 2 rings (SSSR count). The van der Waals surface area contributed by atoms with Crippen LogP contribution in [-0.2, 0) is 5.54 Å². The molecule has 2 aromatic rings. The van der Waals surface area contributed by atoms with Crippen LogP contribution in [0.4, 0.5) is 0 Å². The van der Waals surface area contributed by atoms with Gasteiger partial charge in [0.15, 0.2) is 0 Å². The molecule has 0 N–H and O–H groups in total. The molecule has 0 heterocycles. The number of nitrogens with zero attached hydrogens (tertiary/aromatic N) is 1. The van der Waals surface area contributed by atoms with Crippen LogP contribution in [0.1, 0.15) is 38.3 Å². The summed E-state index contributed by atoms with van der Waals surface area (Å²) in [5, 5.41) is 0. The molecule has 0 radical (unpaired) electrons. The Bertz CT molecular complexity index is 460. The predicted octanol–water partition coefficient (Wildman–Crippen LogP) is 4.68. The molecule has 2 aromatic carbocycles. The van der Waals surface area contributed by atoms with Gasteiger partial charge in [0, 0.05) is 0 Å². The van der Waals surface area contributed by atoms with Crippen LogP contribution in [0, 0.1) is 0 Å². The van der Waals surface area contributed by atoms with Gasteiger partial charge in [-0.15, -0.1) is 0 Å². The average molecular weight is 267 g/mol. The molecule has 1 nitrogen and oxygen atoms in total. The maximum Gasteiger partial charge on any atom is 0.0712 e. The first kappa shape index (κ1) is 14.8. The lowest BCUT2D eigenvalue weighted by atomic mass is 9.79. The van der Waals surface area contributed by atoms with Gasteiger partial charge in [0.05, 0.1) is 5.54 Å². The van der Waals surface area contributed by atoms with Gasteiger partial charge in [-0.2, -0.15) is 0 Å². The van der Waals surface area contributed by atoms with Crippen molar-refractivity contribution in [2.24, 2.45) is 0 Å². The largest absolute Gasteiger partial charge is 0.290 e. The summed E-state index contributed by atoms with van der Waals surface area (Å²) in [4.78, 5) is 2.57. The zero-order chi connectivity index (χ0) is 14.4. The average Bonchev–Trinajstić information content (AvgIpc) is 2.54. The lowest BCUT2D eigenvalue weighted by Gasteiger charge is -2.44. The summed E-state index contributed by atoms with van der Waals surface area (Å²) >= 11 is 0. The van der Waals surface area contributed by atoms with E-state index in [0.717, 1.165) is 19.5 Å². The Balaban J connectivity index is 2.64. The van der Waals surface area contributed by atoms with Crippen molar-refractivity contribution in [2.45, 2.75) is 32.7 Å². The predicted molar refractivity (Wildman–Crippen MR) is 86.9 cm³/mol. The van der Waals surface area contributed by atoms with E-state index in [-0.39, 0.29) is 5.54 Å². The van der Waals surface area contributed by atoms with Gasteiger partial charge in [-0.3, -0.25) is 4.90 Å². The first-order chi connectivity index (χ1) is 9.79. The van der Waals surface area contributed by atoms with Crippen LogP contribution in [0.15, 0.2) is 60.7 Å². The van der Waals surface area contributed by atoms with Crippen molar-refractivity contribution in [1.82, 2.24) is 4.90 Å². The van der Waals surface area contributed by atoms with Gasteiger partial charge in [-0.25, -0.2) is 0 Å². The lowest BCUT2D eigenvalue weighted by molar-refractivity contribution is 0.132. The molecule has 20 heavy (non-hydrogen) atoms. The van der Waals surface area contributed by atoms with Crippen LogP contribution >= 0.6 is 0 Å². The number of benzene rings is 2. The molecule has 0 saturated carbocycles. The Kier molecular flexibility index (Phi) is 4.97. The van der Waals surface area contributed by atoms with E-state index in [1.165, 1.54) is 11.1 Å². The number of hydrogen-bond acceptors (Lipinski definition) is 1. The Morgan fingerprint density at radius 2 is 1.10 bits per heavy atom. The minimum absolute atomic E-state index is 0.0218. The van der Waals surface area contributed by atoms with E-state index in [0.29, 0.717) is 0 Å². The van der Waals surface area contributed by atoms with Crippen molar-refractivity contribution < 1.29 is 0 Å². The highest BCUT2D eigenvalue weighted by atomic mass is 15.2. The van der Waals surface area contributed by atoms with Crippen molar-refractivity contribution >= 4 is 0 Å². The highest BCUT2D eigenvalue weighted by Gasteiger charge is 2.36. The van der Waals surface area contributed by atoms with Crippen LogP contribution in [0.5, 0.6) is 0 Å². The summed E-state index contributed by atoms with van der Waals surface area (Å²) in [6, 6.07) is 21.8. The summed E-state index contributed by atoms with van der Waals surface area (Å²) < 4.78 is 0. The maximum atomic E-state index is 2.57. The molecule has 0 unspecified atom stereocenters. The summed E-state index contributed by atoms with van der Waals surface area (Å²) in [6.45, 7) is 8.89. The highest BCUT2D eigenvalue weighted by Crippen LogP contribution is 2.38. The van der Waals surface area contributed by atoms with Crippen LogP contribution in [0.25, 0.3) is 0 Å². The monoisotopic (exact) mass is 267 g/mol. The van der Waals surface area contributed by atoms with E-state index < -0.39 is 0 Å². The summed E-state index contributed by atoms with van der Waals surface area (Å²) in [7, 11) is 0. The normalized spacial score (nSPS) is 11.8. The first-order valence-corrected chi connectivity index (χ1v) is 7.65. The first-order valence-electron chi connectivity index (χ1n) is 7.65. The minimum atomic E-state index is -0.0218. The fourth-order valence-electron chi connectivity index (χ4n) is 3.35. The third kappa shape index (κ3) is 2.51. The molecule has 0 aliphatic heterocycles. The van der Waals surface area contributed by atoms with Gasteiger partial charge in [-0.1, -0.05) is 81.4 Å². The van der Waals surface area contributed by atoms with E-state index in [1.54, 1.807) is 0 Å². The van der Waals surface area contributed by atoms with Crippen molar-refractivity contribution in [3.05, 3.63) is 71.8 Å². The summed E-state index contributed by atoms with van der Waals surface area (Å²) in [5.41, 5.74) is 2.75. The molecule has 0 spiro atoms. The van der Waals surface area contributed by atoms with E-state index in [1.807, 2.05) is 0 Å². The smallest absolute Gasteiger partial charge is 0.0712 e. The zero-order valence-corrected chi connectivity index (χ0v) is 12.8. The Hall–Kier alpha value is -1.60. The lowest BCUT2D eigenvalue weighted by Crippen LogP contribution is -2.46. The van der Waals surface area contributed by atoms with Gasteiger partial charge in [0.1, 0.15) is 0 Å². The molecule has 0 amide bonds. The third-order valence-corrected chi connectivity index (χ3v) is 4.32. The maximum absolute atomic E-state index is 2.57. The summed E-state index contributed by atoms with van der Waals surface area (Å²) in [6.07, 6.45) is 1.07. The molecule has 0 bridgehead atoms. The molecule has 0 aliphatic rings. The molecular formula is C19H25N. The van der Waals surface area contributed by atoms with E-state index in [4.69, 9.17) is 0 Å². The molecule has 106 valence electrons. The fraction of sp³-hybridized carbons (Fsp3) is 0.368. The highest BCUT2D eigenvalue weighted by molar-refractivity contribution is 5.38. The van der Waals surface area contributed by atoms with E-state index >= 15 is 0 Å². The molecule has 0 saturated heterocycles. The zero-order valence-electron chi connectivity index (χ0n) is 12.8. The van der Waals surface area contributed by atoms with Crippen LogP contribution in [0.2, 0.25) is 0 Å². The molecule has 0 fully saturated rings. The molecular weight excluding hydrogens is 242 g/mol. The molecule has 1 heteroatoms. The SMILES string of the molecule is CCN(CC)C(CC)(c1ccccc1)c1ccccc1. The quantitative estimate of drug-likeness (QED) is 0.734. The molecule has 0 atom stereocenters. The Labute approximate surface area is 123 Å². The number of rotatable bonds is 6. The van der Waals surface area contributed by atoms with Crippen LogP contribution in [0.3, 0.4) is 0 Å². The minimum Gasteiger partial charge on any atom is -0.290 e. The van der Waals surface area contributed by atoms with Crippen molar-refractivity contribution in [3.8, 4) is 0 Å². The Morgan fingerprint density at radius 1 is 0.700 bits per heavy atom. The van der Waals surface area contributed by atoms with Gasteiger partial charge in [0.2, 0.25) is 0 Å². The standard InChI is InChI=1S/C19H25N/c1-4-19(20(5-2)6-3,17-13-9-7-10-14-17)18-15-11-8-12-16-18/h7-16H,4-6H2,1-3H3. The topological polar surface area (TPSA) is 3.24 Å². The van der Waals surface area contributed by atoms with Crippen LogP contribution in [-0.4, -0.2) is 18.0 Å². The van der Waals surface area contributed by atoms with Gasteiger partial charge in [0.25, 0.3) is 0 Å². The van der Waals surface area contributed by atoms with Crippen molar-refractivity contribution in [3.63, 3.8) is 0 Å². The second kappa shape index (κ2) is 6.71. The van der Waals surface area contributed by atoms with Crippen LogP contribution < -0.4 is 0 Å². The fourth-order valence-corrected chi connectivity index (χ4v) is 3.35. The Morgan fingerprint density at radius 3 is 1.40 bits per heavy atom. The van der Waals surface area contributed by atoms with E-state index in [2.05, 4.69) is 86.3 Å². The number of hydrogen-bond donors (Lipinski definition) is 0. The van der Waals surface area contributed by atoms with Gasteiger partial charge in [-0.05, 0) is 30.6 Å². The summed E-state index contributed by atoms with van der Waals surface area (Å²) in [5.74, 6) is 0. The van der Waals surface area contributed by atoms with Gasteiger partial charge < -0.3 is 0 Å². The van der Waals surface area contributed by atoms with E-state index in [9.17, 15) is 0 Å². The second-order valence-corrected chi connectivity index (χ2v) is 5.12. The van der Waals surface area contributed by atoms with Gasteiger partial charge >= 0.3 is 0 Å². The molecule has 0 aliphatic carbocycles. The van der Waals surface area contributed by atoms with Crippen molar-refractivity contribution in [1.29, 1.82) is 0 Å². The van der Waals surface area contributed by atoms with Crippen molar-refractivity contribution in [2.75, 3.05) is 13.1 Å². The second-order valence-electron chi connectivity index (χ2n) is 5.12.